The van der Waals surface area contributed by atoms with Crippen LogP contribution in [0.2, 0.25) is 0 Å². The van der Waals surface area contributed by atoms with Crippen LogP contribution in [0.25, 0.3) is 0 Å². The van der Waals surface area contributed by atoms with Gasteiger partial charge in [0.2, 0.25) is 5.91 Å². The Morgan fingerprint density at radius 1 is 1.19 bits per heavy atom. The smallest absolute Gasteiger partial charge is 0.251 e. The van der Waals surface area contributed by atoms with E-state index in [2.05, 4.69) is 5.32 Å². The van der Waals surface area contributed by atoms with Crippen LogP contribution in [0.15, 0.2) is 48.5 Å². The molecule has 1 saturated heterocycles. The fourth-order valence-corrected chi connectivity index (χ4v) is 3.91. The number of carbonyl (C=O) groups excluding carboxylic acids is 2. The van der Waals surface area contributed by atoms with E-state index in [0.29, 0.717) is 24.9 Å². The van der Waals surface area contributed by atoms with E-state index < -0.39 is 0 Å². The maximum absolute atomic E-state index is 12.9. The largest absolute Gasteiger partial charge is 0.487 e. The zero-order valence-electron chi connectivity index (χ0n) is 15.7. The lowest BCUT2D eigenvalue weighted by Crippen LogP contribution is -2.41. The van der Waals surface area contributed by atoms with Crippen LogP contribution < -0.4 is 15.0 Å². The maximum Gasteiger partial charge on any atom is 0.251 e. The molecule has 0 unspecified atom stereocenters. The molecule has 0 aromatic heterocycles. The van der Waals surface area contributed by atoms with E-state index >= 15 is 0 Å². The van der Waals surface area contributed by atoms with Crippen LogP contribution in [0.4, 0.5) is 5.69 Å². The van der Waals surface area contributed by atoms with Crippen LogP contribution in [-0.2, 0) is 4.79 Å². The van der Waals surface area contributed by atoms with E-state index in [9.17, 15) is 9.59 Å². The van der Waals surface area contributed by atoms with E-state index in [4.69, 9.17) is 4.74 Å². The number of amides is 2. The molecule has 0 spiro atoms. The molecular weight excluding hydrogens is 340 g/mol. The first kappa shape index (κ1) is 17.6. The summed E-state index contributed by atoms with van der Waals surface area (Å²) in [5.74, 6) is 0.795. The summed E-state index contributed by atoms with van der Waals surface area (Å²) in [6, 6.07) is 15.0. The van der Waals surface area contributed by atoms with Crippen LogP contribution >= 0.6 is 0 Å². The number of nitrogens with one attached hydrogen (secondary N) is 1. The second kappa shape index (κ2) is 6.72. The van der Waals surface area contributed by atoms with Crippen LogP contribution in [0.1, 0.15) is 55.1 Å². The van der Waals surface area contributed by atoms with Crippen LogP contribution in [0.3, 0.4) is 0 Å². The standard InChI is InChI=1S/C22H24N2O3/c1-22(2)14-18(17-9-3-4-10-19(17)27-22)23-21(26)15-7-5-8-16(13-15)24-12-6-11-20(24)25/h3-5,7-10,13,18H,6,11-12,14H2,1-2H3,(H,23,26)/t18-/m0/s1. The quantitative estimate of drug-likeness (QED) is 0.900. The lowest BCUT2D eigenvalue weighted by atomic mass is 9.89. The van der Waals surface area contributed by atoms with E-state index in [1.807, 2.05) is 50.2 Å². The first-order chi connectivity index (χ1) is 12.9. The number of hydrogen-bond donors (Lipinski definition) is 1. The molecule has 4 rings (SSSR count). The molecule has 2 aliphatic heterocycles. The highest BCUT2D eigenvalue weighted by molar-refractivity contribution is 5.99. The molecule has 0 radical (unpaired) electrons. The Morgan fingerprint density at radius 3 is 2.78 bits per heavy atom. The van der Waals surface area contributed by atoms with Crippen molar-refractivity contribution in [2.75, 3.05) is 11.4 Å². The summed E-state index contributed by atoms with van der Waals surface area (Å²) in [6.45, 7) is 4.77. The minimum Gasteiger partial charge on any atom is -0.487 e. The number of anilines is 1. The average Bonchev–Trinajstić information content (AvgIpc) is 3.07. The van der Waals surface area contributed by atoms with Crippen molar-refractivity contribution in [2.24, 2.45) is 0 Å². The fourth-order valence-electron chi connectivity index (χ4n) is 3.91. The van der Waals surface area contributed by atoms with Gasteiger partial charge >= 0.3 is 0 Å². The van der Waals surface area contributed by atoms with E-state index in [1.165, 1.54) is 0 Å². The zero-order valence-corrected chi connectivity index (χ0v) is 15.7. The number of fused-ring (bicyclic) bond motifs is 1. The normalized spacial score (nSPS) is 20.7. The minimum atomic E-state index is -0.351. The molecule has 1 atom stereocenters. The SMILES string of the molecule is CC1(C)C[C@H](NC(=O)c2cccc(N3CCCC3=O)c2)c2ccccc2O1. The first-order valence-electron chi connectivity index (χ1n) is 9.42. The van der Waals surface area contributed by atoms with Gasteiger partial charge in [0.1, 0.15) is 11.4 Å². The molecule has 5 heteroatoms. The Morgan fingerprint density at radius 2 is 2.00 bits per heavy atom. The van der Waals surface area contributed by atoms with E-state index in [-0.39, 0.29) is 23.5 Å². The summed E-state index contributed by atoms with van der Waals surface area (Å²) in [6.07, 6.45) is 2.13. The van der Waals surface area contributed by atoms with Gasteiger partial charge in [-0.3, -0.25) is 9.59 Å². The average molecular weight is 364 g/mol. The number of carbonyl (C=O) groups is 2. The Balaban J connectivity index is 1.57. The maximum atomic E-state index is 12.9. The van der Waals surface area contributed by atoms with E-state index in [0.717, 1.165) is 23.4 Å². The van der Waals surface area contributed by atoms with Gasteiger partial charge in [-0.25, -0.2) is 0 Å². The van der Waals surface area contributed by atoms with Crippen molar-refractivity contribution < 1.29 is 14.3 Å². The summed E-state index contributed by atoms with van der Waals surface area (Å²) in [5.41, 5.74) is 2.00. The minimum absolute atomic E-state index is 0.116. The molecule has 5 nitrogen and oxygen atoms in total. The van der Waals surface area contributed by atoms with Gasteiger partial charge in [0, 0.05) is 36.2 Å². The van der Waals surface area contributed by atoms with Crippen molar-refractivity contribution in [1.82, 2.24) is 5.32 Å². The van der Waals surface area contributed by atoms with Gasteiger partial charge in [-0.05, 0) is 44.5 Å². The Kier molecular flexibility index (Phi) is 4.38. The highest BCUT2D eigenvalue weighted by atomic mass is 16.5. The molecule has 2 amide bonds. The lowest BCUT2D eigenvalue weighted by Gasteiger charge is -2.37. The third-order valence-electron chi connectivity index (χ3n) is 5.18. The van der Waals surface area contributed by atoms with Gasteiger partial charge in [-0.2, -0.15) is 0 Å². The fraction of sp³-hybridized carbons (Fsp3) is 0.364. The van der Waals surface area contributed by atoms with Crippen molar-refractivity contribution in [2.45, 2.75) is 44.8 Å². The molecule has 0 saturated carbocycles. The number of rotatable bonds is 3. The molecule has 2 heterocycles. The molecule has 1 fully saturated rings. The van der Waals surface area contributed by atoms with Crippen LogP contribution in [0, 0.1) is 0 Å². The third-order valence-corrected chi connectivity index (χ3v) is 5.18. The first-order valence-corrected chi connectivity index (χ1v) is 9.42. The van der Waals surface area contributed by atoms with Crippen molar-refractivity contribution in [3.8, 4) is 5.75 Å². The molecule has 0 aliphatic carbocycles. The van der Waals surface area contributed by atoms with Gasteiger partial charge in [-0.1, -0.05) is 24.3 Å². The topological polar surface area (TPSA) is 58.6 Å². The van der Waals surface area contributed by atoms with Crippen molar-refractivity contribution in [3.05, 3.63) is 59.7 Å². The summed E-state index contributed by atoms with van der Waals surface area (Å²) in [7, 11) is 0. The predicted molar refractivity (Wildman–Crippen MR) is 104 cm³/mol. The highest BCUT2D eigenvalue weighted by Crippen LogP contribution is 2.39. The molecule has 2 aliphatic rings. The van der Waals surface area contributed by atoms with Gasteiger partial charge in [0.15, 0.2) is 0 Å². The summed E-state index contributed by atoms with van der Waals surface area (Å²) in [4.78, 5) is 26.7. The van der Waals surface area contributed by atoms with Crippen molar-refractivity contribution >= 4 is 17.5 Å². The molecular formula is C22H24N2O3. The number of nitrogens with zero attached hydrogens (tertiary/aromatic N) is 1. The second-order valence-corrected chi connectivity index (χ2v) is 7.83. The van der Waals surface area contributed by atoms with Gasteiger partial charge in [0.25, 0.3) is 5.91 Å². The number of benzene rings is 2. The third kappa shape index (κ3) is 3.54. The van der Waals surface area contributed by atoms with Crippen molar-refractivity contribution in [1.29, 1.82) is 0 Å². The summed E-state index contributed by atoms with van der Waals surface area (Å²) < 4.78 is 6.04. The highest BCUT2D eigenvalue weighted by Gasteiger charge is 2.34. The molecule has 2 aromatic carbocycles. The number of ether oxygens (including phenoxy) is 1. The summed E-state index contributed by atoms with van der Waals surface area (Å²) in [5, 5.41) is 3.15. The van der Waals surface area contributed by atoms with Gasteiger partial charge < -0.3 is 15.0 Å². The second-order valence-electron chi connectivity index (χ2n) is 7.83. The molecule has 140 valence electrons. The summed E-state index contributed by atoms with van der Waals surface area (Å²) >= 11 is 0. The number of para-hydroxylation sites is 1. The Bertz CT molecular complexity index is 891. The predicted octanol–water partition coefficient (Wildman–Crippen LogP) is 3.85. The van der Waals surface area contributed by atoms with E-state index in [1.54, 1.807) is 17.0 Å². The van der Waals surface area contributed by atoms with Gasteiger partial charge in [-0.15, -0.1) is 0 Å². The van der Waals surface area contributed by atoms with Crippen LogP contribution in [-0.4, -0.2) is 24.0 Å². The van der Waals surface area contributed by atoms with Crippen molar-refractivity contribution in [3.63, 3.8) is 0 Å². The molecule has 27 heavy (non-hydrogen) atoms. The van der Waals surface area contributed by atoms with Crippen LogP contribution in [0.5, 0.6) is 5.75 Å². The Hall–Kier alpha value is -2.82. The lowest BCUT2D eigenvalue weighted by molar-refractivity contribution is -0.117. The molecule has 0 bridgehead atoms. The van der Waals surface area contributed by atoms with Gasteiger partial charge in [0.05, 0.1) is 6.04 Å². The Labute approximate surface area is 159 Å². The molecule has 2 aromatic rings. The zero-order chi connectivity index (χ0) is 19.0. The monoisotopic (exact) mass is 364 g/mol. The number of hydrogen-bond acceptors (Lipinski definition) is 3. The molecule has 1 N–H and O–H groups in total.